The molecule has 1 N–H and O–H groups in total. The molecule has 1 aromatic carbocycles. The van der Waals surface area contributed by atoms with Gasteiger partial charge in [-0.05, 0) is 41.7 Å². The Morgan fingerprint density at radius 2 is 2.06 bits per heavy atom. The van der Waals surface area contributed by atoms with E-state index in [1.165, 1.54) is 0 Å². The first-order chi connectivity index (χ1) is 14.9. The number of nitrogens with one attached hydrogen (secondary N) is 1. The number of rotatable bonds is 4. The van der Waals surface area contributed by atoms with Gasteiger partial charge in [0.25, 0.3) is 5.91 Å². The van der Waals surface area contributed by atoms with Crippen LogP contribution in [-0.4, -0.2) is 45.8 Å². The van der Waals surface area contributed by atoms with E-state index in [-0.39, 0.29) is 23.8 Å². The highest BCUT2D eigenvalue weighted by Gasteiger charge is 2.39. The van der Waals surface area contributed by atoms with Crippen molar-refractivity contribution in [3.63, 3.8) is 0 Å². The molecule has 31 heavy (non-hydrogen) atoms. The highest BCUT2D eigenvalue weighted by molar-refractivity contribution is 6.07. The summed E-state index contributed by atoms with van der Waals surface area (Å²) in [6.07, 6.45) is 5.69. The second kappa shape index (κ2) is 8.15. The molecule has 0 radical (unpaired) electrons. The summed E-state index contributed by atoms with van der Waals surface area (Å²) in [5, 5.41) is 12.8. The zero-order chi connectivity index (χ0) is 22.0. The predicted molar refractivity (Wildman–Crippen MR) is 117 cm³/mol. The molecule has 0 bridgehead atoms. The van der Waals surface area contributed by atoms with Crippen LogP contribution in [0.25, 0.3) is 22.0 Å². The Balaban J connectivity index is 1.54. The lowest BCUT2D eigenvalue weighted by Gasteiger charge is -2.21. The third-order valence-electron chi connectivity index (χ3n) is 5.57. The fourth-order valence-corrected chi connectivity index (χ4v) is 4.06. The van der Waals surface area contributed by atoms with Gasteiger partial charge in [-0.15, -0.1) is 0 Å². The molecule has 1 fully saturated rings. The van der Waals surface area contributed by atoms with Gasteiger partial charge in [0.2, 0.25) is 5.91 Å². The van der Waals surface area contributed by atoms with E-state index >= 15 is 0 Å². The van der Waals surface area contributed by atoms with Crippen molar-refractivity contribution in [2.45, 2.75) is 26.3 Å². The SMILES string of the molecule is CC1(C)CC(C#N)N(C(=O)CNC(=O)c2ccnc3ccc(-c4cccnc4)cc23)C1. The maximum atomic E-state index is 12.9. The molecule has 0 aliphatic carbocycles. The molecule has 1 unspecified atom stereocenters. The van der Waals surface area contributed by atoms with Crippen molar-refractivity contribution in [3.05, 3.63) is 60.6 Å². The molecule has 1 aliphatic heterocycles. The van der Waals surface area contributed by atoms with Crippen molar-refractivity contribution in [1.82, 2.24) is 20.2 Å². The van der Waals surface area contributed by atoms with Gasteiger partial charge in [0.15, 0.2) is 0 Å². The van der Waals surface area contributed by atoms with Crippen LogP contribution in [0.1, 0.15) is 30.6 Å². The van der Waals surface area contributed by atoms with Gasteiger partial charge < -0.3 is 10.2 Å². The Kier molecular flexibility index (Phi) is 5.38. The number of nitrogens with zero attached hydrogens (tertiary/aromatic N) is 4. The number of fused-ring (bicyclic) bond motifs is 1. The largest absolute Gasteiger partial charge is 0.343 e. The summed E-state index contributed by atoms with van der Waals surface area (Å²) in [6, 6.07) is 12.9. The van der Waals surface area contributed by atoms with Crippen LogP contribution in [0.5, 0.6) is 0 Å². The van der Waals surface area contributed by atoms with Crippen molar-refractivity contribution in [1.29, 1.82) is 5.26 Å². The molecule has 7 heteroatoms. The topological polar surface area (TPSA) is 99.0 Å². The molecule has 0 saturated carbocycles. The molecule has 4 rings (SSSR count). The smallest absolute Gasteiger partial charge is 0.252 e. The maximum Gasteiger partial charge on any atom is 0.252 e. The monoisotopic (exact) mass is 413 g/mol. The lowest BCUT2D eigenvalue weighted by molar-refractivity contribution is -0.130. The molecular weight excluding hydrogens is 390 g/mol. The summed E-state index contributed by atoms with van der Waals surface area (Å²) in [6.45, 7) is 4.42. The van der Waals surface area contributed by atoms with Crippen LogP contribution < -0.4 is 5.32 Å². The number of hydrogen-bond donors (Lipinski definition) is 1. The van der Waals surface area contributed by atoms with Crippen molar-refractivity contribution in [2.24, 2.45) is 5.41 Å². The Labute approximate surface area is 180 Å². The average molecular weight is 413 g/mol. The lowest BCUT2D eigenvalue weighted by atomic mass is 9.91. The summed E-state index contributed by atoms with van der Waals surface area (Å²) in [4.78, 5) is 35.7. The molecule has 1 atom stereocenters. The average Bonchev–Trinajstić information content (AvgIpc) is 3.11. The predicted octanol–water partition coefficient (Wildman–Crippen LogP) is 3.18. The summed E-state index contributed by atoms with van der Waals surface area (Å²) < 4.78 is 0. The fourth-order valence-electron chi connectivity index (χ4n) is 4.06. The molecular formula is C24H23N5O2. The Bertz CT molecular complexity index is 1180. The van der Waals surface area contributed by atoms with E-state index in [0.717, 1.165) is 11.1 Å². The van der Waals surface area contributed by atoms with Gasteiger partial charge in [0, 0.05) is 36.1 Å². The summed E-state index contributed by atoms with van der Waals surface area (Å²) >= 11 is 0. The van der Waals surface area contributed by atoms with Gasteiger partial charge in [0.05, 0.1) is 23.7 Å². The Morgan fingerprint density at radius 1 is 1.23 bits per heavy atom. The van der Waals surface area contributed by atoms with Gasteiger partial charge in [-0.1, -0.05) is 26.0 Å². The highest BCUT2D eigenvalue weighted by atomic mass is 16.2. The molecule has 2 amide bonds. The molecule has 2 aromatic heterocycles. The minimum atomic E-state index is -0.455. The third kappa shape index (κ3) is 4.24. The second-order valence-corrected chi connectivity index (χ2v) is 8.55. The van der Waals surface area contributed by atoms with Gasteiger partial charge in [0.1, 0.15) is 6.04 Å². The standard InChI is InChI=1S/C24H23N5O2/c1-24(2)11-18(12-25)29(15-24)22(30)14-28-23(31)19-7-9-27-21-6-5-16(10-20(19)21)17-4-3-8-26-13-17/h3-10,13,18H,11,14-15H2,1-2H3,(H,28,31). The minimum Gasteiger partial charge on any atom is -0.343 e. The van der Waals surface area contributed by atoms with E-state index < -0.39 is 6.04 Å². The van der Waals surface area contributed by atoms with E-state index in [1.54, 1.807) is 29.6 Å². The van der Waals surface area contributed by atoms with Gasteiger partial charge >= 0.3 is 0 Å². The Hall–Kier alpha value is -3.79. The zero-order valence-corrected chi connectivity index (χ0v) is 17.5. The van der Waals surface area contributed by atoms with Crippen LogP contribution in [0.2, 0.25) is 0 Å². The van der Waals surface area contributed by atoms with Gasteiger partial charge in [-0.2, -0.15) is 5.26 Å². The molecule has 7 nitrogen and oxygen atoms in total. The molecule has 3 aromatic rings. The molecule has 3 heterocycles. The third-order valence-corrected chi connectivity index (χ3v) is 5.57. The molecule has 1 aliphatic rings. The number of likely N-dealkylation sites (tertiary alicyclic amines) is 1. The van der Waals surface area contributed by atoms with Gasteiger partial charge in [-0.3, -0.25) is 19.6 Å². The van der Waals surface area contributed by atoms with Crippen molar-refractivity contribution < 1.29 is 9.59 Å². The first kappa shape index (κ1) is 20.5. The van der Waals surface area contributed by atoms with E-state index in [2.05, 4.69) is 21.4 Å². The Morgan fingerprint density at radius 3 is 2.81 bits per heavy atom. The van der Waals surface area contributed by atoms with Crippen molar-refractivity contribution in [3.8, 4) is 17.2 Å². The summed E-state index contributed by atoms with van der Waals surface area (Å²) in [7, 11) is 0. The molecule has 0 spiro atoms. The summed E-state index contributed by atoms with van der Waals surface area (Å²) in [5.74, 6) is -0.601. The maximum absolute atomic E-state index is 12.9. The van der Waals surface area contributed by atoms with Crippen LogP contribution in [0.3, 0.4) is 0 Å². The lowest BCUT2D eigenvalue weighted by Crippen LogP contribution is -2.42. The van der Waals surface area contributed by atoms with E-state index in [9.17, 15) is 14.9 Å². The normalized spacial score (nSPS) is 17.3. The van der Waals surface area contributed by atoms with Gasteiger partial charge in [-0.25, -0.2) is 0 Å². The number of amides is 2. The number of carbonyl (C=O) groups is 2. The number of benzene rings is 1. The quantitative estimate of drug-likeness (QED) is 0.708. The van der Waals surface area contributed by atoms with Crippen LogP contribution in [-0.2, 0) is 4.79 Å². The van der Waals surface area contributed by atoms with Crippen LogP contribution >= 0.6 is 0 Å². The summed E-state index contributed by atoms with van der Waals surface area (Å²) in [5.41, 5.74) is 2.90. The van der Waals surface area contributed by atoms with Crippen LogP contribution in [0.15, 0.2) is 55.0 Å². The van der Waals surface area contributed by atoms with Crippen LogP contribution in [0, 0.1) is 16.7 Å². The number of pyridine rings is 2. The minimum absolute atomic E-state index is 0.107. The second-order valence-electron chi connectivity index (χ2n) is 8.55. The zero-order valence-electron chi connectivity index (χ0n) is 17.5. The van der Waals surface area contributed by atoms with E-state index in [0.29, 0.717) is 29.4 Å². The number of nitriles is 1. The highest BCUT2D eigenvalue weighted by Crippen LogP contribution is 2.33. The van der Waals surface area contributed by atoms with Crippen molar-refractivity contribution in [2.75, 3.05) is 13.1 Å². The fraction of sp³-hybridized carbons (Fsp3) is 0.292. The van der Waals surface area contributed by atoms with E-state index in [4.69, 9.17) is 0 Å². The number of aromatic nitrogens is 2. The molecule has 156 valence electrons. The first-order valence-corrected chi connectivity index (χ1v) is 10.1. The number of hydrogen-bond acceptors (Lipinski definition) is 5. The van der Waals surface area contributed by atoms with E-state index in [1.807, 2.05) is 44.2 Å². The first-order valence-electron chi connectivity index (χ1n) is 10.1. The molecule has 1 saturated heterocycles. The van der Waals surface area contributed by atoms with Crippen LogP contribution in [0.4, 0.5) is 0 Å². The number of carbonyl (C=O) groups excluding carboxylic acids is 2. The van der Waals surface area contributed by atoms with Crippen molar-refractivity contribution >= 4 is 22.7 Å².